The largest absolute Gasteiger partial charge is 0.364 e. The molecule has 0 aromatic carbocycles. The van der Waals surface area contributed by atoms with Crippen LogP contribution in [0.15, 0.2) is 0 Å². The van der Waals surface area contributed by atoms with Gasteiger partial charge in [-0.1, -0.05) is 25.7 Å². The highest BCUT2D eigenvalue weighted by molar-refractivity contribution is 5.85. The Morgan fingerprint density at radius 3 is 2.33 bits per heavy atom. The topological polar surface area (TPSA) is 64.4 Å². The van der Waals surface area contributed by atoms with Gasteiger partial charge in [0.25, 0.3) is 0 Å². The van der Waals surface area contributed by atoms with Gasteiger partial charge in [-0.2, -0.15) is 0 Å². The number of hydrogen-bond donors (Lipinski definition) is 2. The highest BCUT2D eigenvalue weighted by Gasteiger charge is 2.30. The van der Waals surface area contributed by atoms with Crippen LogP contribution in [0.2, 0.25) is 0 Å². The molecule has 1 saturated carbocycles. The van der Waals surface area contributed by atoms with Crippen molar-refractivity contribution < 1.29 is 9.53 Å². The fourth-order valence-corrected chi connectivity index (χ4v) is 2.79. The van der Waals surface area contributed by atoms with Crippen LogP contribution in [-0.2, 0) is 9.53 Å². The van der Waals surface area contributed by atoms with E-state index in [1.807, 2.05) is 0 Å². The Balaban J connectivity index is 0.00000162. The van der Waals surface area contributed by atoms with Crippen LogP contribution in [0.5, 0.6) is 0 Å². The molecule has 1 heterocycles. The summed E-state index contributed by atoms with van der Waals surface area (Å²) in [6.07, 6.45) is 8.90. The van der Waals surface area contributed by atoms with Gasteiger partial charge in [0.1, 0.15) is 6.10 Å². The first kappa shape index (κ1) is 15.7. The third kappa shape index (κ3) is 4.41. The van der Waals surface area contributed by atoms with Crippen molar-refractivity contribution in [2.75, 3.05) is 6.54 Å². The summed E-state index contributed by atoms with van der Waals surface area (Å²) in [5, 5.41) is 3.14. The van der Waals surface area contributed by atoms with Crippen molar-refractivity contribution in [3.05, 3.63) is 0 Å². The molecule has 106 valence electrons. The van der Waals surface area contributed by atoms with Crippen molar-refractivity contribution in [2.45, 2.75) is 69.6 Å². The second kappa shape index (κ2) is 7.97. The molecule has 5 heteroatoms. The molecule has 2 fully saturated rings. The predicted octanol–water partition coefficient (Wildman–Crippen LogP) is 1.75. The van der Waals surface area contributed by atoms with Crippen LogP contribution in [0.4, 0.5) is 0 Å². The van der Waals surface area contributed by atoms with E-state index in [1.165, 1.54) is 25.7 Å². The molecule has 2 atom stereocenters. The van der Waals surface area contributed by atoms with Crippen LogP contribution >= 0.6 is 12.4 Å². The fraction of sp³-hybridized carbons (Fsp3) is 0.923. The summed E-state index contributed by atoms with van der Waals surface area (Å²) in [7, 11) is 0. The van der Waals surface area contributed by atoms with Crippen LogP contribution in [0.3, 0.4) is 0 Å². The van der Waals surface area contributed by atoms with E-state index < -0.39 is 0 Å². The molecule has 0 aromatic rings. The zero-order valence-electron chi connectivity index (χ0n) is 10.9. The number of rotatable bonds is 3. The quantitative estimate of drug-likeness (QED) is 0.772. The first-order valence-electron chi connectivity index (χ1n) is 6.95. The Kier molecular flexibility index (Phi) is 6.97. The SMILES string of the molecule is Cl.NC[C@H]1CC[C@@H](C(=O)NC2CCCCCC2)O1. The standard InChI is InChI=1S/C13H24N2O2.ClH/c14-9-11-7-8-12(17-11)13(16)15-10-5-3-1-2-4-6-10;/h10-12H,1-9,14H2,(H,15,16);1H/t11-,12+;/m1./s1. The first-order chi connectivity index (χ1) is 8.29. The Morgan fingerprint density at radius 2 is 1.78 bits per heavy atom. The molecule has 1 amide bonds. The maximum Gasteiger partial charge on any atom is 0.249 e. The molecular formula is C13H25ClN2O2. The molecule has 1 saturated heterocycles. The smallest absolute Gasteiger partial charge is 0.249 e. The van der Waals surface area contributed by atoms with Gasteiger partial charge in [0.2, 0.25) is 5.91 Å². The third-order valence-corrected chi connectivity index (χ3v) is 3.86. The summed E-state index contributed by atoms with van der Waals surface area (Å²) in [4.78, 5) is 12.0. The number of amides is 1. The number of carbonyl (C=O) groups is 1. The van der Waals surface area contributed by atoms with Gasteiger partial charge in [-0.05, 0) is 25.7 Å². The van der Waals surface area contributed by atoms with Gasteiger partial charge in [-0.25, -0.2) is 0 Å². The van der Waals surface area contributed by atoms with E-state index >= 15 is 0 Å². The highest BCUT2D eigenvalue weighted by Crippen LogP contribution is 2.21. The molecular weight excluding hydrogens is 252 g/mol. The lowest BCUT2D eigenvalue weighted by atomic mass is 10.1. The third-order valence-electron chi connectivity index (χ3n) is 3.86. The van der Waals surface area contributed by atoms with Crippen LogP contribution in [-0.4, -0.2) is 30.7 Å². The molecule has 2 aliphatic rings. The summed E-state index contributed by atoms with van der Waals surface area (Å²) < 4.78 is 5.61. The van der Waals surface area contributed by atoms with Crippen molar-refractivity contribution in [2.24, 2.45) is 5.73 Å². The van der Waals surface area contributed by atoms with E-state index in [4.69, 9.17) is 10.5 Å². The molecule has 0 radical (unpaired) electrons. The van der Waals surface area contributed by atoms with Crippen molar-refractivity contribution in [3.8, 4) is 0 Å². The van der Waals surface area contributed by atoms with Crippen molar-refractivity contribution in [1.82, 2.24) is 5.32 Å². The van der Waals surface area contributed by atoms with E-state index in [0.29, 0.717) is 12.6 Å². The molecule has 0 aromatic heterocycles. The van der Waals surface area contributed by atoms with Gasteiger partial charge in [0, 0.05) is 12.6 Å². The number of hydrogen-bond acceptors (Lipinski definition) is 3. The first-order valence-corrected chi connectivity index (χ1v) is 6.95. The fourth-order valence-electron chi connectivity index (χ4n) is 2.79. The molecule has 0 unspecified atom stereocenters. The molecule has 4 nitrogen and oxygen atoms in total. The Hall–Kier alpha value is -0.320. The molecule has 0 bridgehead atoms. The van der Waals surface area contributed by atoms with Gasteiger partial charge < -0.3 is 15.8 Å². The summed E-state index contributed by atoms with van der Waals surface area (Å²) >= 11 is 0. The Labute approximate surface area is 115 Å². The number of ether oxygens (including phenoxy) is 1. The maximum atomic E-state index is 12.0. The van der Waals surface area contributed by atoms with Gasteiger partial charge in [-0.15, -0.1) is 12.4 Å². The minimum atomic E-state index is -0.258. The van der Waals surface area contributed by atoms with Crippen molar-refractivity contribution >= 4 is 18.3 Å². The van der Waals surface area contributed by atoms with Crippen LogP contribution in [0.25, 0.3) is 0 Å². The predicted molar refractivity (Wildman–Crippen MR) is 73.8 cm³/mol. The maximum absolute atomic E-state index is 12.0. The lowest BCUT2D eigenvalue weighted by Crippen LogP contribution is -2.41. The molecule has 3 N–H and O–H groups in total. The lowest BCUT2D eigenvalue weighted by molar-refractivity contribution is -0.132. The number of halogens is 1. The molecule has 1 aliphatic carbocycles. The Morgan fingerprint density at radius 1 is 1.11 bits per heavy atom. The molecule has 18 heavy (non-hydrogen) atoms. The average molecular weight is 277 g/mol. The summed E-state index contributed by atoms with van der Waals surface area (Å²) in [5.74, 6) is 0.0767. The van der Waals surface area contributed by atoms with Gasteiger partial charge in [-0.3, -0.25) is 4.79 Å². The Bertz CT molecular complexity index is 255. The van der Waals surface area contributed by atoms with Gasteiger partial charge >= 0.3 is 0 Å². The van der Waals surface area contributed by atoms with E-state index in [2.05, 4.69) is 5.32 Å². The monoisotopic (exact) mass is 276 g/mol. The highest BCUT2D eigenvalue weighted by atomic mass is 35.5. The van der Waals surface area contributed by atoms with E-state index in [0.717, 1.165) is 25.7 Å². The minimum Gasteiger partial charge on any atom is -0.364 e. The van der Waals surface area contributed by atoms with Gasteiger partial charge in [0.05, 0.1) is 6.10 Å². The van der Waals surface area contributed by atoms with E-state index in [9.17, 15) is 4.79 Å². The van der Waals surface area contributed by atoms with Crippen molar-refractivity contribution in [3.63, 3.8) is 0 Å². The van der Waals surface area contributed by atoms with Crippen LogP contribution < -0.4 is 11.1 Å². The molecule has 0 spiro atoms. The van der Waals surface area contributed by atoms with Gasteiger partial charge in [0.15, 0.2) is 0 Å². The summed E-state index contributed by atoms with van der Waals surface area (Å²) in [6, 6.07) is 0.366. The zero-order valence-corrected chi connectivity index (χ0v) is 11.7. The van der Waals surface area contributed by atoms with Crippen LogP contribution in [0.1, 0.15) is 51.4 Å². The number of carbonyl (C=O) groups excluding carboxylic acids is 1. The lowest BCUT2D eigenvalue weighted by Gasteiger charge is -2.19. The van der Waals surface area contributed by atoms with Crippen molar-refractivity contribution in [1.29, 1.82) is 0 Å². The normalized spacial score (nSPS) is 29.4. The summed E-state index contributed by atoms with van der Waals surface area (Å²) in [6.45, 7) is 0.521. The zero-order chi connectivity index (χ0) is 12.1. The number of nitrogens with one attached hydrogen (secondary N) is 1. The second-order valence-electron chi connectivity index (χ2n) is 5.26. The van der Waals surface area contributed by atoms with E-state index in [-0.39, 0.29) is 30.5 Å². The number of nitrogens with two attached hydrogens (primary N) is 1. The molecule has 1 aliphatic heterocycles. The average Bonchev–Trinajstić information content (AvgIpc) is 2.68. The second-order valence-corrected chi connectivity index (χ2v) is 5.26. The van der Waals surface area contributed by atoms with E-state index in [1.54, 1.807) is 0 Å². The minimum absolute atomic E-state index is 0. The molecule has 2 rings (SSSR count). The summed E-state index contributed by atoms with van der Waals surface area (Å²) in [5.41, 5.74) is 5.54. The van der Waals surface area contributed by atoms with Crippen LogP contribution in [0, 0.1) is 0 Å².